The number of rotatable bonds is 4. The van der Waals surface area contributed by atoms with Crippen molar-refractivity contribution in [3.05, 3.63) is 35.4 Å². The fourth-order valence-electron chi connectivity index (χ4n) is 1.73. The van der Waals surface area contributed by atoms with E-state index in [-0.39, 0.29) is 11.9 Å². The molecule has 0 aromatic heterocycles. The lowest BCUT2D eigenvalue weighted by atomic mass is 10.1. The number of hydrogen-bond acceptors (Lipinski definition) is 3. The number of hydrogen-bond donors (Lipinski definition) is 2. The molecule has 0 saturated heterocycles. The van der Waals surface area contributed by atoms with E-state index in [0.717, 1.165) is 5.56 Å². The molecule has 0 aliphatic carbocycles. The first kappa shape index (κ1) is 17.0. The lowest BCUT2D eigenvalue weighted by Crippen LogP contribution is -2.43. The van der Waals surface area contributed by atoms with E-state index in [1.54, 1.807) is 26.8 Å². The number of ether oxygens (including phenoxy) is 1. The van der Waals surface area contributed by atoms with Gasteiger partial charge in [-0.05, 0) is 46.2 Å². The van der Waals surface area contributed by atoms with Crippen molar-refractivity contribution in [3.8, 4) is 0 Å². The van der Waals surface area contributed by atoms with Gasteiger partial charge in [0, 0.05) is 18.2 Å². The summed E-state index contributed by atoms with van der Waals surface area (Å²) in [6.07, 6.45) is -0.486. The van der Waals surface area contributed by atoms with E-state index < -0.39 is 11.7 Å². The number of amides is 2. The minimum atomic E-state index is -0.534. The lowest BCUT2D eigenvalue weighted by Gasteiger charge is -2.22. The molecule has 1 aromatic carbocycles. The van der Waals surface area contributed by atoms with Crippen molar-refractivity contribution in [2.45, 2.75) is 46.3 Å². The van der Waals surface area contributed by atoms with Gasteiger partial charge in [0.2, 0.25) is 0 Å². The molecule has 5 heteroatoms. The van der Waals surface area contributed by atoms with Crippen molar-refractivity contribution in [2.75, 3.05) is 6.54 Å². The molecular weight excluding hydrogens is 268 g/mol. The third kappa shape index (κ3) is 6.29. The first-order chi connectivity index (χ1) is 9.69. The van der Waals surface area contributed by atoms with Crippen LogP contribution in [0, 0.1) is 6.92 Å². The van der Waals surface area contributed by atoms with Gasteiger partial charge in [0.15, 0.2) is 0 Å². The maximum absolute atomic E-state index is 12.0. The number of benzene rings is 1. The van der Waals surface area contributed by atoms with Crippen molar-refractivity contribution < 1.29 is 14.3 Å². The maximum atomic E-state index is 12.0. The molecule has 0 heterocycles. The van der Waals surface area contributed by atoms with Crippen LogP contribution >= 0.6 is 0 Å². The Bertz CT molecular complexity index is 506. The molecule has 116 valence electrons. The highest BCUT2D eigenvalue weighted by molar-refractivity contribution is 5.95. The van der Waals surface area contributed by atoms with Gasteiger partial charge in [-0.15, -0.1) is 0 Å². The van der Waals surface area contributed by atoms with Gasteiger partial charge in [-0.3, -0.25) is 4.79 Å². The Morgan fingerprint density at radius 1 is 1.24 bits per heavy atom. The van der Waals surface area contributed by atoms with Crippen LogP contribution in [0.4, 0.5) is 4.79 Å². The molecule has 21 heavy (non-hydrogen) atoms. The van der Waals surface area contributed by atoms with Crippen LogP contribution < -0.4 is 10.6 Å². The van der Waals surface area contributed by atoms with Crippen molar-refractivity contribution in [2.24, 2.45) is 0 Å². The Hall–Kier alpha value is -2.04. The zero-order valence-corrected chi connectivity index (χ0v) is 13.3. The molecular formula is C16H24N2O3. The largest absolute Gasteiger partial charge is 0.444 e. The monoisotopic (exact) mass is 292 g/mol. The van der Waals surface area contributed by atoms with E-state index in [0.29, 0.717) is 12.1 Å². The molecule has 0 aliphatic heterocycles. The quantitative estimate of drug-likeness (QED) is 0.896. The molecule has 1 atom stereocenters. The highest BCUT2D eigenvalue weighted by Crippen LogP contribution is 2.07. The highest BCUT2D eigenvalue weighted by atomic mass is 16.6. The second kappa shape index (κ2) is 7.11. The third-order valence-electron chi connectivity index (χ3n) is 2.72. The molecule has 0 aliphatic rings. The average molecular weight is 292 g/mol. The number of aryl methyl sites for hydroxylation is 1. The predicted molar refractivity (Wildman–Crippen MR) is 82.3 cm³/mol. The van der Waals surface area contributed by atoms with Crippen LogP contribution in [0.5, 0.6) is 0 Å². The molecule has 0 saturated carbocycles. The van der Waals surface area contributed by atoms with E-state index in [4.69, 9.17) is 4.74 Å². The van der Waals surface area contributed by atoms with Crippen LogP contribution in [-0.2, 0) is 4.74 Å². The second-order valence-electron chi connectivity index (χ2n) is 6.07. The van der Waals surface area contributed by atoms with Crippen LogP contribution in [-0.4, -0.2) is 30.2 Å². The van der Waals surface area contributed by atoms with E-state index in [2.05, 4.69) is 10.6 Å². The Balaban J connectivity index is 2.43. The molecule has 0 unspecified atom stereocenters. The van der Waals surface area contributed by atoms with Crippen LogP contribution in [0.3, 0.4) is 0 Å². The predicted octanol–water partition coefficient (Wildman–Crippen LogP) is 2.64. The molecule has 0 radical (unpaired) electrons. The number of nitrogens with one attached hydrogen (secondary N) is 2. The SMILES string of the molecule is Cc1ccccc1C(=O)NC[C@@H](C)NC(=O)OC(C)(C)C. The topological polar surface area (TPSA) is 67.4 Å². The fraction of sp³-hybridized carbons (Fsp3) is 0.500. The van der Waals surface area contributed by atoms with Gasteiger partial charge in [-0.1, -0.05) is 18.2 Å². The van der Waals surface area contributed by atoms with Crippen molar-refractivity contribution >= 4 is 12.0 Å². The summed E-state index contributed by atoms with van der Waals surface area (Å²) < 4.78 is 5.16. The Kier molecular flexibility index (Phi) is 5.76. The molecule has 2 N–H and O–H groups in total. The van der Waals surface area contributed by atoms with E-state index in [1.165, 1.54) is 0 Å². The van der Waals surface area contributed by atoms with E-state index >= 15 is 0 Å². The van der Waals surface area contributed by atoms with Gasteiger partial charge in [0.1, 0.15) is 5.60 Å². The zero-order chi connectivity index (χ0) is 16.0. The molecule has 5 nitrogen and oxygen atoms in total. The summed E-state index contributed by atoms with van der Waals surface area (Å²) in [6.45, 7) is 9.44. The second-order valence-corrected chi connectivity index (χ2v) is 6.07. The van der Waals surface area contributed by atoms with Gasteiger partial charge in [0.05, 0.1) is 0 Å². The molecule has 0 spiro atoms. The summed E-state index contributed by atoms with van der Waals surface area (Å²) in [5.74, 6) is -0.147. The van der Waals surface area contributed by atoms with Gasteiger partial charge in [-0.25, -0.2) is 4.79 Å². The maximum Gasteiger partial charge on any atom is 0.407 e. The minimum absolute atomic E-state index is 0.147. The van der Waals surface area contributed by atoms with Gasteiger partial charge in [0.25, 0.3) is 5.91 Å². The first-order valence-corrected chi connectivity index (χ1v) is 7.02. The van der Waals surface area contributed by atoms with E-state index in [1.807, 2.05) is 32.0 Å². The fourth-order valence-corrected chi connectivity index (χ4v) is 1.73. The summed E-state index contributed by atoms with van der Waals surface area (Å²) >= 11 is 0. The van der Waals surface area contributed by atoms with Crippen molar-refractivity contribution in [3.63, 3.8) is 0 Å². The minimum Gasteiger partial charge on any atom is -0.444 e. The van der Waals surface area contributed by atoms with Crippen molar-refractivity contribution in [1.82, 2.24) is 10.6 Å². The Morgan fingerprint density at radius 2 is 1.86 bits per heavy atom. The number of alkyl carbamates (subject to hydrolysis) is 1. The molecule has 0 fully saturated rings. The van der Waals surface area contributed by atoms with Gasteiger partial charge >= 0.3 is 6.09 Å². The number of carbonyl (C=O) groups excluding carboxylic acids is 2. The Morgan fingerprint density at radius 3 is 2.43 bits per heavy atom. The average Bonchev–Trinajstić information content (AvgIpc) is 2.34. The van der Waals surface area contributed by atoms with Crippen LogP contribution in [0.15, 0.2) is 24.3 Å². The third-order valence-corrected chi connectivity index (χ3v) is 2.72. The van der Waals surface area contributed by atoms with Gasteiger partial charge in [-0.2, -0.15) is 0 Å². The summed E-state index contributed by atoms with van der Waals surface area (Å²) in [6, 6.07) is 7.16. The number of carbonyl (C=O) groups is 2. The van der Waals surface area contributed by atoms with Crippen molar-refractivity contribution in [1.29, 1.82) is 0 Å². The molecule has 0 bridgehead atoms. The highest BCUT2D eigenvalue weighted by Gasteiger charge is 2.18. The smallest absolute Gasteiger partial charge is 0.407 e. The summed E-state index contributed by atoms with van der Waals surface area (Å²) in [4.78, 5) is 23.6. The van der Waals surface area contributed by atoms with Crippen LogP contribution in [0.1, 0.15) is 43.6 Å². The molecule has 2 amide bonds. The summed E-state index contributed by atoms with van der Waals surface area (Å²) in [5, 5.41) is 5.48. The van der Waals surface area contributed by atoms with Gasteiger partial charge < -0.3 is 15.4 Å². The first-order valence-electron chi connectivity index (χ1n) is 7.02. The summed E-state index contributed by atoms with van der Waals surface area (Å²) in [5.41, 5.74) is 1.03. The molecule has 1 rings (SSSR count). The lowest BCUT2D eigenvalue weighted by molar-refractivity contribution is 0.0506. The molecule has 1 aromatic rings. The Labute approximate surface area is 126 Å². The van der Waals surface area contributed by atoms with E-state index in [9.17, 15) is 9.59 Å². The van der Waals surface area contributed by atoms with Crippen LogP contribution in [0.2, 0.25) is 0 Å². The normalized spacial score (nSPS) is 12.4. The van der Waals surface area contributed by atoms with Crippen LogP contribution in [0.25, 0.3) is 0 Å². The summed E-state index contributed by atoms with van der Waals surface area (Å²) in [7, 11) is 0. The standard InChI is InChI=1S/C16H24N2O3/c1-11-8-6-7-9-13(11)14(19)17-10-12(2)18-15(20)21-16(3,4)5/h6-9,12H,10H2,1-5H3,(H,17,19)(H,18,20)/t12-/m1/s1. The zero-order valence-electron chi connectivity index (χ0n) is 13.3.